The largest absolute Gasteiger partial charge is 0.416 e. The summed E-state index contributed by atoms with van der Waals surface area (Å²) in [6, 6.07) is 5.67. The van der Waals surface area contributed by atoms with Crippen LogP contribution in [0.2, 0.25) is 0 Å². The predicted octanol–water partition coefficient (Wildman–Crippen LogP) is 3.11. The highest BCUT2D eigenvalue weighted by Gasteiger charge is 2.30. The standard InChI is InChI=1S/C20H21F3N4O3/c1-4-5-9-27-15(11-14-17(27)25(2)19(30)26(3)18(14)29)16(28)24-13-8-6-7-12(10-13)20(21,22)23/h6-8,10-11H,4-5,9H2,1-3H3,(H,24,28). The minimum absolute atomic E-state index is 0.0242. The molecule has 7 nitrogen and oxygen atoms in total. The molecule has 0 aliphatic rings. The molecule has 0 saturated heterocycles. The number of unbranched alkanes of at least 4 members (excludes halogenated alkanes) is 1. The highest BCUT2D eigenvalue weighted by atomic mass is 19.4. The molecule has 0 spiro atoms. The van der Waals surface area contributed by atoms with Gasteiger partial charge < -0.3 is 9.88 Å². The first-order valence-corrected chi connectivity index (χ1v) is 9.34. The van der Waals surface area contributed by atoms with Crippen molar-refractivity contribution in [1.29, 1.82) is 0 Å². The quantitative estimate of drug-likeness (QED) is 0.686. The number of anilines is 1. The van der Waals surface area contributed by atoms with E-state index in [4.69, 9.17) is 0 Å². The van der Waals surface area contributed by atoms with Crippen molar-refractivity contribution < 1.29 is 18.0 Å². The molecule has 10 heteroatoms. The van der Waals surface area contributed by atoms with Crippen LogP contribution >= 0.6 is 0 Å². The molecule has 0 saturated carbocycles. The smallest absolute Gasteiger partial charge is 0.322 e. The number of carbonyl (C=O) groups is 1. The lowest BCUT2D eigenvalue weighted by Crippen LogP contribution is -2.37. The van der Waals surface area contributed by atoms with Crippen LogP contribution in [0.4, 0.5) is 18.9 Å². The van der Waals surface area contributed by atoms with Crippen molar-refractivity contribution in [3.8, 4) is 0 Å². The number of hydrogen-bond acceptors (Lipinski definition) is 3. The Kier molecular flexibility index (Phi) is 5.60. The number of hydrogen-bond donors (Lipinski definition) is 1. The number of rotatable bonds is 5. The molecule has 2 heterocycles. The van der Waals surface area contributed by atoms with Crippen molar-refractivity contribution in [2.75, 3.05) is 5.32 Å². The van der Waals surface area contributed by atoms with Gasteiger partial charge in [0.05, 0.1) is 10.9 Å². The molecule has 0 aliphatic carbocycles. The lowest BCUT2D eigenvalue weighted by molar-refractivity contribution is -0.137. The maximum atomic E-state index is 12.9. The third-order valence-electron chi connectivity index (χ3n) is 4.91. The lowest BCUT2D eigenvalue weighted by Gasteiger charge is -2.13. The molecule has 0 radical (unpaired) electrons. The zero-order valence-electron chi connectivity index (χ0n) is 16.7. The predicted molar refractivity (Wildman–Crippen MR) is 107 cm³/mol. The van der Waals surface area contributed by atoms with E-state index in [-0.39, 0.29) is 16.8 Å². The van der Waals surface area contributed by atoms with Gasteiger partial charge in [0.15, 0.2) is 0 Å². The molecule has 3 rings (SSSR count). The van der Waals surface area contributed by atoms with Crippen LogP contribution in [0.15, 0.2) is 39.9 Å². The fraction of sp³-hybridized carbons (Fsp3) is 0.350. The molecule has 3 aromatic rings. The summed E-state index contributed by atoms with van der Waals surface area (Å²) in [6.07, 6.45) is -3.06. The molecular formula is C20H21F3N4O3. The number of aromatic nitrogens is 3. The number of nitrogens with one attached hydrogen (secondary N) is 1. The number of benzene rings is 1. The summed E-state index contributed by atoms with van der Waals surface area (Å²) >= 11 is 0. The van der Waals surface area contributed by atoms with Crippen molar-refractivity contribution in [1.82, 2.24) is 13.7 Å². The summed E-state index contributed by atoms with van der Waals surface area (Å²) in [5.41, 5.74) is -1.60. The first kappa shape index (κ1) is 21.4. The van der Waals surface area contributed by atoms with Gasteiger partial charge in [-0.1, -0.05) is 19.4 Å². The Morgan fingerprint density at radius 2 is 1.80 bits per heavy atom. The minimum atomic E-state index is -4.54. The third kappa shape index (κ3) is 3.77. The topological polar surface area (TPSA) is 78.0 Å². The second kappa shape index (κ2) is 7.85. The van der Waals surface area contributed by atoms with E-state index in [2.05, 4.69) is 5.32 Å². The number of halogens is 3. The first-order valence-electron chi connectivity index (χ1n) is 9.34. The van der Waals surface area contributed by atoms with E-state index < -0.39 is 28.9 Å². The number of nitrogens with zero attached hydrogens (tertiary/aromatic N) is 3. The van der Waals surface area contributed by atoms with E-state index in [1.165, 1.54) is 36.9 Å². The number of aryl methyl sites for hydroxylation is 2. The average Bonchev–Trinajstić information content (AvgIpc) is 3.08. The molecule has 0 atom stereocenters. The molecule has 1 N–H and O–H groups in total. The van der Waals surface area contributed by atoms with Gasteiger partial charge in [-0.15, -0.1) is 0 Å². The van der Waals surface area contributed by atoms with E-state index in [1.807, 2.05) is 6.92 Å². The van der Waals surface area contributed by atoms with Gasteiger partial charge in [-0.25, -0.2) is 4.79 Å². The number of alkyl halides is 3. The van der Waals surface area contributed by atoms with Crippen LogP contribution < -0.4 is 16.6 Å². The SMILES string of the molecule is CCCCn1c(C(=O)Nc2cccc(C(F)(F)F)c2)cc2c(=O)n(C)c(=O)n(C)c21. The van der Waals surface area contributed by atoms with Crippen LogP contribution in [-0.4, -0.2) is 19.6 Å². The molecule has 1 amide bonds. The van der Waals surface area contributed by atoms with Gasteiger partial charge in [-0.2, -0.15) is 13.2 Å². The Morgan fingerprint density at radius 3 is 2.43 bits per heavy atom. The lowest BCUT2D eigenvalue weighted by atomic mass is 10.2. The fourth-order valence-electron chi connectivity index (χ4n) is 3.34. The Labute approximate surface area is 169 Å². The normalized spacial score (nSPS) is 11.8. The van der Waals surface area contributed by atoms with Crippen LogP contribution in [0, 0.1) is 0 Å². The van der Waals surface area contributed by atoms with Gasteiger partial charge in [-0.05, 0) is 30.7 Å². The number of carbonyl (C=O) groups excluding carboxylic acids is 1. The van der Waals surface area contributed by atoms with E-state index in [1.54, 1.807) is 4.57 Å². The molecule has 160 valence electrons. The van der Waals surface area contributed by atoms with Crippen LogP contribution in [0.3, 0.4) is 0 Å². The molecular weight excluding hydrogens is 401 g/mol. The second-order valence-corrected chi connectivity index (χ2v) is 7.01. The Hall–Kier alpha value is -3.30. The summed E-state index contributed by atoms with van der Waals surface area (Å²) in [5, 5.41) is 2.65. The van der Waals surface area contributed by atoms with Gasteiger partial charge in [0, 0.05) is 26.3 Å². The van der Waals surface area contributed by atoms with Gasteiger partial charge in [0.25, 0.3) is 11.5 Å². The Bertz CT molecular complexity index is 1240. The number of fused-ring (bicyclic) bond motifs is 1. The molecule has 0 fully saturated rings. The summed E-state index contributed by atoms with van der Waals surface area (Å²) < 4.78 is 42.6. The van der Waals surface area contributed by atoms with Gasteiger partial charge >= 0.3 is 11.9 Å². The molecule has 30 heavy (non-hydrogen) atoms. The highest BCUT2D eigenvalue weighted by molar-refractivity contribution is 6.06. The van der Waals surface area contributed by atoms with Crippen molar-refractivity contribution in [2.24, 2.45) is 14.1 Å². The molecule has 1 aromatic carbocycles. The molecule has 0 aliphatic heterocycles. The number of amides is 1. The van der Waals surface area contributed by atoms with Gasteiger partial charge in [-0.3, -0.25) is 18.7 Å². The molecule has 2 aromatic heterocycles. The average molecular weight is 422 g/mol. The van der Waals surface area contributed by atoms with E-state index >= 15 is 0 Å². The van der Waals surface area contributed by atoms with Crippen molar-refractivity contribution >= 4 is 22.6 Å². The van der Waals surface area contributed by atoms with Crippen molar-refractivity contribution in [3.05, 3.63) is 62.4 Å². The van der Waals surface area contributed by atoms with E-state index in [0.29, 0.717) is 18.6 Å². The van der Waals surface area contributed by atoms with Crippen LogP contribution in [0.25, 0.3) is 11.0 Å². The summed E-state index contributed by atoms with van der Waals surface area (Å²) in [4.78, 5) is 37.8. The monoisotopic (exact) mass is 422 g/mol. The second-order valence-electron chi connectivity index (χ2n) is 7.01. The van der Waals surface area contributed by atoms with Crippen molar-refractivity contribution in [2.45, 2.75) is 32.5 Å². The summed E-state index contributed by atoms with van der Waals surface area (Å²) in [7, 11) is 2.84. The van der Waals surface area contributed by atoms with E-state index in [0.717, 1.165) is 23.1 Å². The minimum Gasteiger partial charge on any atom is -0.322 e. The van der Waals surface area contributed by atoms with Crippen LogP contribution in [0.5, 0.6) is 0 Å². The zero-order valence-corrected chi connectivity index (χ0v) is 16.7. The van der Waals surface area contributed by atoms with Crippen LogP contribution in [0.1, 0.15) is 35.8 Å². The first-order chi connectivity index (χ1) is 14.1. The summed E-state index contributed by atoms with van der Waals surface area (Å²) in [5.74, 6) is -0.670. The fourth-order valence-corrected chi connectivity index (χ4v) is 3.34. The van der Waals surface area contributed by atoms with Gasteiger partial charge in [0.2, 0.25) is 0 Å². The zero-order chi connectivity index (χ0) is 22.2. The van der Waals surface area contributed by atoms with Crippen molar-refractivity contribution in [3.63, 3.8) is 0 Å². The Balaban J connectivity index is 2.12. The van der Waals surface area contributed by atoms with E-state index in [9.17, 15) is 27.6 Å². The maximum Gasteiger partial charge on any atom is 0.416 e. The van der Waals surface area contributed by atoms with Gasteiger partial charge in [0.1, 0.15) is 11.3 Å². The molecule has 0 bridgehead atoms. The maximum absolute atomic E-state index is 12.9. The van der Waals surface area contributed by atoms with Crippen LogP contribution in [-0.2, 0) is 26.8 Å². The summed E-state index contributed by atoms with van der Waals surface area (Å²) in [6.45, 7) is 2.32. The Morgan fingerprint density at radius 1 is 1.10 bits per heavy atom. The third-order valence-corrected chi connectivity index (χ3v) is 4.91. The highest BCUT2D eigenvalue weighted by Crippen LogP contribution is 2.30. The molecule has 0 unspecified atom stereocenters.